The predicted octanol–water partition coefficient (Wildman–Crippen LogP) is 3.36. The van der Waals surface area contributed by atoms with Crippen LogP contribution >= 0.6 is 15.9 Å². The molecule has 0 aliphatic carbocycles. The average molecular weight is 438 g/mol. The van der Waals surface area contributed by atoms with Gasteiger partial charge in [-0.1, -0.05) is 24.3 Å². The maximum atomic E-state index is 12.9. The smallest absolute Gasteiger partial charge is 0.265 e. The number of hydrogen-bond acceptors (Lipinski definition) is 4. The number of anilines is 1. The third kappa shape index (κ3) is 4.45. The van der Waals surface area contributed by atoms with Crippen LogP contribution in [0, 0.1) is 6.92 Å². The molecule has 1 amide bonds. The molecule has 5 nitrogen and oxygen atoms in total. The fourth-order valence-corrected chi connectivity index (χ4v) is 5.37. The van der Waals surface area contributed by atoms with Crippen LogP contribution in [0.3, 0.4) is 0 Å². The second kappa shape index (κ2) is 7.80. The second-order valence-corrected chi connectivity index (χ2v) is 9.46. The molecule has 0 unspecified atom stereocenters. The van der Waals surface area contributed by atoms with Gasteiger partial charge in [0.15, 0.2) is 16.4 Å². The standard InChI is InChI=1S/C19H20BrNO4S/c1-14-7-8-18(17(20)11-14)25-12-19(22)21(15-5-3-2-4-6-15)16-9-10-26(23,24)13-16/h2-8,11,16H,9-10,12-13H2,1H3/t16-/m0/s1. The van der Waals surface area contributed by atoms with E-state index in [1.54, 1.807) is 11.0 Å². The first-order chi connectivity index (χ1) is 12.4. The van der Waals surface area contributed by atoms with Gasteiger partial charge in [0.25, 0.3) is 5.91 Å². The molecule has 0 saturated carbocycles. The highest BCUT2D eigenvalue weighted by molar-refractivity contribution is 9.10. The normalized spacial score (nSPS) is 18.5. The lowest BCUT2D eigenvalue weighted by atomic mass is 10.2. The van der Waals surface area contributed by atoms with Crippen LogP contribution in [0.5, 0.6) is 5.75 Å². The molecule has 26 heavy (non-hydrogen) atoms. The Balaban J connectivity index is 1.79. The summed E-state index contributed by atoms with van der Waals surface area (Å²) in [7, 11) is -3.10. The van der Waals surface area contributed by atoms with E-state index in [9.17, 15) is 13.2 Å². The van der Waals surface area contributed by atoms with Crippen molar-refractivity contribution in [2.24, 2.45) is 0 Å². The molecule has 0 radical (unpaired) electrons. The van der Waals surface area contributed by atoms with Gasteiger partial charge in [0.1, 0.15) is 5.75 Å². The van der Waals surface area contributed by atoms with Crippen molar-refractivity contribution in [3.8, 4) is 5.75 Å². The number of carbonyl (C=O) groups is 1. The topological polar surface area (TPSA) is 63.7 Å². The minimum Gasteiger partial charge on any atom is -0.483 e. The molecule has 1 aliphatic heterocycles. The third-order valence-electron chi connectivity index (χ3n) is 4.32. The number of para-hydroxylation sites is 1. The van der Waals surface area contributed by atoms with Gasteiger partial charge in [0.05, 0.1) is 22.0 Å². The van der Waals surface area contributed by atoms with Crippen LogP contribution in [0.4, 0.5) is 5.69 Å². The quantitative estimate of drug-likeness (QED) is 0.719. The van der Waals surface area contributed by atoms with Crippen LogP contribution in [-0.4, -0.2) is 38.5 Å². The summed E-state index contributed by atoms with van der Waals surface area (Å²) in [6, 6.07) is 14.4. The second-order valence-electron chi connectivity index (χ2n) is 6.38. The van der Waals surface area contributed by atoms with Crippen molar-refractivity contribution in [1.82, 2.24) is 0 Å². The number of sulfone groups is 1. The van der Waals surface area contributed by atoms with Crippen LogP contribution in [0.2, 0.25) is 0 Å². The Kier molecular flexibility index (Phi) is 5.67. The van der Waals surface area contributed by atoms with E-state index in [1.807, 2.05) is 49.4 Å². The Hall–Kier alpha value is -1.86. The van der Waals surface area contributed by atoms with Crippen LogP contribution in [0.25, 0.3) is 0 Å². The molecule has 1 aliphatic rings. The summed E-state index contributed by atoms with van der Waals surface area (Å²) >= 11 is 3.43. The van der Waals surface area contributed by atoms with Crippen LogP contribution in [0.1, 0.15) is 12.0 Å². The molecule has 1 heterocycles. The SMILES string of the molecule is Cc1ccc(OCC(=O)N(c2ccccc2)[C@H]2CCS(=O)(=O)C2)c(Br)c1. The van der Waals surface area contributed by atoms with Crippen LogP contribution < -0.4 is 9.64 Å². The molecule has 138 valence electrons. The monoisotopic (exact) mass is 437 g/mol. The van der Waals surface area contributed by atoms with Gasteiger partial charge in [0.2, 0.25) is 0 Å². The summed E-state index contributed by atoms with van der Waals surface area (Å²) < 4.78 is 30.2. The molecule has 3 rings (SSSR count). The average Bonchev–Trinajstić information content (AvgIpc) is 2.95. The Labute approximate surface area is 162 Å². The first-order valence-electron chi connectivity index (χ1n) is 8.32. The first-order valence-corrected chi connectivity index (χ1v) is 10.9. The van der Waals surface area contributed by atoms with Gasteiger partial charge < -0.3 is 9.64 Å². The molecule has 0 bridgehead atoms. The first kappa shape index (κ1) is 18.9. The van der Waals surface area contributed by atoms with Gasteiger partial charge in [-0.25, -0.2) is 8.42 Å². The van der Waals surface area contributed by atoms with E-state index < -0.39 is 9.84 Å². The number of benzene rings is 2. The molecule has 1 fully saturated rings. The van der Waals surface area contributed by atoms with E-state index in [4.69, 9.17) is 4.74 Å². The number of halogens is 1. The Morgan fingerprint density at radius 1 is 1.23 bits per heavy atom. The zero-order valence-corrected chi connectivity index (χ0v) is 16.8. The summed E-state index contributed by atoms with van der Waals surface area (Å²) in [5.74, 6) is 0.419. The van der Waals surface area contributed by atoms with Crippen molar-refractivity contribution >= 4 is 37.4 Å². The molecule has 1 saturated heterocycles. The van der Waals surface area contributed by atoms with Crippen molar-refractivity contribution in [3.05, 3.63) is 58.6 Å². The van der Waals surface area contributed by atoms with Crippen molar-refractivity contribution in [3.63, 3.8) is 0 Å². The van der Waals surface area contributed by atoms with Crippen molar-refractivity contribution in [2.45, 2.75) is 19.4 Å². The van der Waals surface area contributed by atoms with E-state index in [2.05, 4.69) is 15.9 Å². The molecule has 0 aromatic heterocycles. The summed E-state index contributed by atoms with van der Waals surface area (Å²) in [6.07, 6.45) is 0.442. The highest BCUT2D eigenvalue weighted by atomic mass is 79.9. The summed E-state index contributed by atoms with van der Waals surface area (Å²) in [5.41, 5.74) is 1.77. The van der Waals surface area contributed by atoms with E-state index in [0.29, 0.717) is 17.9 Å². The molecule has 2 aromatic rings. The minimum absolute atomic E-state index is 0.0120. The van der Waals surface area contributed by atoms with E-state index in [0.717, 1.165) is 10.0 Å². The Morgan fingerprint density at radius 2 is 1.96 bits per heavy atom. The number of rotatable bonds is 5. The number of nitrogens with zero attached hydrogens (tertiary/aromatic N) is 1. The van der Waals surface area contributed by atoms with Gasteiger partial charge >= 0.3 is 0 Å². The molecule has 7 heteroatoms. The van der Waals surface area contributed by atoms with E-state index in [1.165, 1.54) is 0 Å². The van der Waals surface area contributed by atoms with Crippen molar-refractivity contribution < 1.29 is 17.9 Å². The molecule has 1 atom stereocenters. The number of carbonyl (C=O) groups excluding carboxylic acids is 1. The number of amides is 1. The van der Waals surface area contributed by atoms with Crippen LogP contribution in [0.15, 0.2) is 53.0 Å². The number of aryl methyl sites for hydroxylation is 1. The predicted molar refractivity (Wildman–Crippen MR) is 105 cm³/mol. The van der Waals surface area contributed by atoms with Crippen molar-refractivity contribution in [1.29, 1.82) is 0 Å². The Bertz CT molecular complexity index is 899. The summed E-state index contributed by atoms with van der Waals surface area (Å²) in [4.78, 5) is 14.4. The third-order valence-corrected chi connectivity index (χ3v) is 6.69. The maximum absolute atomic E-state index is 12.9. The minimum atomic E-state index is -3.10. The van der Waals surface area contributed by atoms with Crippen molar-refractivity contribution in [2.75, 3.05) is 23.0 Å². The van der Waals surface area contributed by atoms with Gasteiger partial charge in [-0.05, 0) is 59.1 Å². The lowest BCUT2D eigenvalue weighted by Gasteiger charge is -2.28. The van der Waals surface area contributed by atoms with Crippen LogP contribution in [-0.2, 0) is 14.6 Å². The number of hydrogen-bond donors (Lipinski definition) is 0. The Morgan fingerprint density at radius 3 is 2.58 bits per heavy atom. The molecule has 0 N–H and O–H groups in total. The highest BCUT2D eigenvalue weighted by Crippen LogP contribution is 2.27. The summed E-state index contributed by atoms with van der Waals surface area (Å²) in [5, 5.41) is 0. The molecular weight excluding hydrogens is 418 g/mol. The van der Waals surface area contributed by atoms with Gasteiger partial charge in [-0.3, -0.25) is 4.79 Å². The molecule has 2 aromatic carbocycles. The van der Waals surface area contributed by atoms with Gasteiger partial charge in [-0.15, -0.1) is 0 Å². The highest BCUT2D eigenvalue weighted by Gasteiger charge is 2.35. The zero-order chi connectivity index (χ0) is 18.7. The zero-order valence-electron chi connectivity index (χ0n) is 14.4. The molecule has 0 spiro atoms. The fraction of sp³-hybridized carbons (Fsp3) is 0.316. The molecular formula is C19H20BrNO4S. The largest absolute Gasteiger partial charge is 0.483 e. The maximum Gasteiger partial charge on any atom is 0.265 e. The van der Waals surface area contributed by atoms with Gasteiger partial charge in [0, 0.05) is 5.69 Å². The summed E-state index contributed by atoms with van der Waals surface area (Å²) in [6.45, 7) is 1.81. The lowest BCUT2D eigenvalue weighted by molar-refractivity contribution is -0.121. The fourth-order valence-electron chi connectivity index (χ4n) is 3.06. The number of ether oxygens (including phenoxy) is 1. The lowest BCUT2D eigenvalue weighted by Crippen LogP contribution is -2.43. The van der Waals surface area contributed by atoms with E-state index >= 15 is 0 Å². The van der Waals surface area contributed by atoms with Gasteiger partial charge in [-0.2, -0.15) is 0 Å². The van der Waals surface area contributed by atoms with E-state index in [-0.39, 0.29) is 30.1 Å².